The van der Waals surface area contributed by atoms with Gasteiger partial charge in [0, 0.05) is 5.75 Å². The van der Waals surface area contributed by atoms with Crippen molar-refractivity contribution >= 4 is 29.9 Å². The maximum Gasteiger partial charge on any atom is 0.343 e. The Labute approximate surface area is 168 Å². The van der Waals surface area contributed by atoms with Crippen molar-refractivity contribution in [3.05, 3.63) is 59.7 Å². The first-order valence-electron chi connectivity index (χ1n) is 8.43. The van der Waals surface area contributed by atoms with Crippen molar-refractivity contribution in [2.24, 2.45) is 5.10 Å². The first-order chi connectivity index (χ1) is 13.6. The second-order valence-electron chi connectivity index (χ2n) is 5.57. The summed E-state index contributed by atoms with van der Waals surface area (Å²) >= 11 is 1.50. The molecule has 0 aliphatic rings. The van der Waals surface area contributed by atoms with Gasteiger partial charge in [-0.05, 0) is 47.5 Å². The van der Waals surface area contributed by atoms with E-state index in [0.717, 1.165) is 22.6 Å². The highest BCUT2D eigenvalue weighted by Crippen LogP contribution is 2.16. The Morgan fingerprint density at radius 2 is 1.71 bits per heavy atom. The van der Waals surface area contributed by atoms with Crippen LogP contribution in [0, 0.1) is 0 Å². The minimum Gasteiger partial charge on any atom is -0.497 e. The first-order valence-corrected chi connectivity index (χ1v) is 9.58. The van der Waals surface area contributed by atoms with Crippen LogP contribution in [0.25, 0.3) is 0 Å². The zero-order chi connectivity index (χ0) is 20.2. The predicted octanol–water partition coefficient (Wildman–Crippen LogP) is 2.63. The summed E-state index contributed by atoms with van der Waals surface area (Å²) in [5.41, 5.74) is 4.41. The topological polar surface area (TPSA) is 86.2 Å². The van der Waals surface area contributed by atoms with Crippen LogP contribution in [-0.4, -0.2) is 44.7 Å². The van der Waals surface area contributed by atoms with E-state index in [1.165, 1.54) is 25.1 Å². The number of methoxy groups -OCH3 is 2. The molecular formula is C20H22N2O5S. The number of nitrogens with zero attached hydrogens (tertiary/aromatic N) is 1. The number of benzene rings is 2. The Morgan fingerprint density at radius 1 is 1.04 bits per heavy atom. The molecule has 2 aromatic rings. The predicted molar refractivity (Wildman–Crippen MR) is 109 cm³/mol. The summed E-state index contributed by atoms with van der Waals surface area (Å²) in [4.78, 5) is 22.8. The minimum absolute atomic E-state index is 0.145. The lowest BCUT2D eigenvalue weighted by atomic mass is 10.2. The van der Waals surface area contributed by atoms with E-state index in [1.807, 2.05) is 24.3 Å². The summed E-state index contributed by atoms with van der Waals surface area (Å²) in [5.74, 6) is 1.77. The van der Waals surface area contributed by atoms with Gasteiger partial charge in [0.15, 0.2) is 6.61 Å². The fourth-order valence-electron chi connectivity index (χ4n) is 2.05. The number of carbonyl (C=O) groups excluding carboxylic acids is 2. The highest BCUT2D eigenvalue weighted by atomic mass is 32.2. The van der Waals surface area contributed by atoms with E-state index in [4.69, 9.17) is 9.47 Å². The molecule has 0 radical (unpaired) electrons. The van der Waals surface area contributed by atoms with Gasteiger partial charge < -0.3 is 14.2 Å². The van der Waals surface area contributed by atoms with Crippen molar-refractivity contribution in [1.82, 2.24) is 5.43 Å². The van der Waals surface area contributed by atoms with Gasteiger partial charge in [0.05, 0.1) is 26.2 Å². The van der Waals surface area contributed by atoms with Crippen molar-refractivity contribution in [3.8, 4) is 11.5 Å². The minimum atomic E-state index is -0.446. The molecule has 2 aromatic carbocycles. The Kier molecular flexibility index (Phi) is 8.87. The molecular weight excluding hydrogens is 380 g/mol. The summed E-state index contributed by atoms with van der Waals surface area (Å²) < 4.78 is 14.9. The molecule has 0 bridgehead atoms. The van der Waals surface area contributed by atoms with E-state index in [9.17, 15) is 9.59 Å². The van der Waals surface area contributed by atoms with E-state index < -0.39 is 5.97 Å². The van der Waals surface area contributed by atoms with Crippen LogP contribution in [0.15, 0.2) is 53.6 Å². The van der Waals surface area contributed by atoms with Gasteiger partial charge in [0.2, 0.25) is 5.91 Å². The highest BCUT2D eigenvalue weighted by Gasteiger charge is 2.02. The molecule has 1 amide bonds. The number of hydrogen-bond donors (Lipinski definition) is 1. The highest BCUT2D eigenvalue weighted by molar-refractivity contribution is 7.99. The number of carbonyl (C=O) groups is 2. The van der Waals surface area contributed by atoms with E-state index in [2.05, 4.69) is 15.3 Å². The molecule has 148 valence electrons. The standard InChI is InChI=1S/C20H22N2O5S/c1-25-17-7-5-16(6-8-17)13-28-14-19(23)22-21-11-15-3-9-18(10-4-15)27-12-20(24)26-2/h3-11H,12-14H2,1-2H3,(H,22,23)/b21-11-. The third kappa shape index (κ3) is 7.71. The smallest absolute Gasteiger partial charge is 0.343 e. The Bertz CT molecular complexity index is 791. The first kappa shape index (κ1) is 21.3. The van der Waals surface area contributed by atoms with E-state index in [-0.39, 0.29) is 12.5 Å². The molecule has 0 aliphatic carbocycles. The molecule has 2 rings (SSSR count). The van der Waals surface area contributed by atoms with Crippen LogP contribution in [0.1, 0.15) is 11.1 Å². The van der Waals surface area contributed by atoms with Crippen LogP contribution < -0.4 is 14.9 Å². The van der Waals surface area contributed by atoms with E-state index >= 15 is 0 Å². The zero-order valence-corrected chi connectivity index (χ0v) is 16.5. The van der Waals surface area contributed by atoms with Gasteiger partial charge in [-0.15, -0.1) is 11.8 Å². The van der Waals surface area contributed by atoms with Gasteiger partial charge in [0.1, 0.15) is 11.5 Å². The monoisotopic (exact) mass is 402 g/mol. The number of amides is 1. The lowest BCUT2D eigenvalue weighted by molar-refractivity contribution is -0.142. The van der Waals surface area contributed by atoms with Gasteiger partial charge in [0.25, 0.3) is 0 Å². The van der Waals surface area contributed by atoms with Crippen LogP contribution in [-0.2, 0) is 20.1 Å². The molecule has 1 N–H and O–H groups in total. The van der Waals surface area contributed by atoms with Crippen LogP contribution in [0.4, 0.5) is 0 Å². The fourth-order valence-corrected chi connectivity index (χ4v) is 2.83. The molecule has 28 heavy (non-hydrogen) atoms. The molecule has 8 heteroatoms. The molecule has 0 atom stereocenters. The number of hydrazone groups is 1. The zero-order valence-electron chi connectivity index (χ0n) is 15.7. The second-order valence-corrected chi connectivity index (χ2v) is 6.55. The van der Waals surface area contributed by atoms with Crippen molar-refractivity contribution in [1.29, 1.82) is 0 Å². The Hall–Kier alpha value is -3.00. The van der Waals surface area contributed by atoms with Gasteiger partial charge >= 0.3 is 5.97 Å². The lowest BCUT2D eigenvalue weighted by Crippen LogP contribution is -2.19. The van der Waals surface area contributed by atoms with Crippen molar-refractivity contribution in [2.45, 2.75) is 5.75 Å². The Balaban J connectivity index is 1.68. The summed E-state index contributed by atoms with van der Waals surface area (Å²) in [5, 5.41) is 3.94. The number of rotatable bonds is 10. The van der Waals surface area contributed by atoms with Crippen LogP contribution in [0.2, 0.25) is 0 Å². The molecule has 0 aliphatic heterocycles. The third-order valence-corrected chi connectivity index (χ3v) is 4.53. The maximum absolute atomic E-state index is 11.8. The Morgan fingerprint density at radius 3 is 2.36 bits per heavy atom. The number of nitrogens with one attached hydrogen (secondary N) is 1. The molecule has 0 unspecified atom stereocenters. The quantitative estimate of drug-likeness (QED) is 0.374. The van der Waals surface area contributed by atoms with Crippen LogP contribution in [0.5, 0.6) is 11.5 Å². The van der Waals surface area contributed by atoms with Crippen LogP contribution in [0.3, 0.4) is 0 Å². The number of esters is 1. The van der Waals surface area contributed by atoms with Gasteiger partial charge in [-0.3, -0.25) is 4.79 Å². The van der Waals surface area contributed by atoms with Crippen molar-refractivity contribution in [3.63, 3.8) is 0 Å². The van der Waals surface area contributed by atoms with Gasteiger partial charge in [-0.2, -0.15) is 5.10 Å². The average molecular weight is 402 g/mol. The maximum atomic E-state index is 11.8. The second kappa shape index (κ2) is 11.7. The number of ether oxygens (including phenoxy) is 3. The summed E-state index contributed by atoms with van der Waals surface area (Å²) in [6.07, 6.45) is 1.54. The van der Waals surface area contributed by atoms with Crippen LogP contribution >= 0.6 is 11.8 Å². The third-order valence-electron chi connectivity index (χ3n) is 3.53. The van der Waals surface area contributed by atoms with E-state index in [0.29, 0.717) is 11.5 Å². The average Bonchev–Trinajstić information content (AvgIpc) is 2.73. The molecule has 7 nitrogen and oxygen atoms in total. The number of hydrogen-bond acceptors (Lipinski definition) is 7. The molecule has 0 saturated carbocycles. The molecule has 0 aromatic heterocycles. The summed E-state index contributed by atoms with van der Waals surface area (Å²) in [7, 11) is 2.93. The summed E-state index contributed by atoms with van der Waals surface area (Å²) in [6, 6.07) is 14.7. The SMILES string of the molecule is COC(=O)COc1ccc(/C=N\NC(=O)CSCc2ccc(OC)cc2)cc1. The fraction of sp³-hybridized carbons (Fsp3) is 0.250. The van der Waals surface area contributed by atoms with Gasteiger partial charge in [-0.25, -0.2) is 10.2 Å². The van der Waals surface area contributed by atoms with Crippen molar-refractivity contribution < 1.29 is 23.8 Å². The molecule has 0 fully saturated rings. The molecule has 0 spiro atoms. The lowest BCUT2D eigenvalue weighted by Gasteiger charge is -2.04. The van der Waals surface area contributed by atoms with E-state index in [1.54, 1.807) is 31.4 Å². The molecule has 0 heterocycles. The van der Waals surface area contributed by atoms with Gasteiger partial charge in [-0.1, -0.05) is 12.1 Å². The van der Waals surface area contributed by atoms with Crippen molar-refractivity contribution in [2.75, 3.05) is 26.6 Å². The summed E-state index contributed by atoms with van der Waals surface area (Å²) in [6.45, 7) is -0.145. The normalized spacial score (nSPS) is 10.5. The number of thioether (sulfide) groups is 1. The molecule has 0 saturated heterocycles. The largest absolute Gasteiger partial charge is 0.497 e.